The van der Waals surface area contributed by atoms with Gasteiger partial charge in [-0.3, -0.25) is 0 Å². The lowest BCUT2D eigenvalue weighted by Crippen LogP contribution is -2.20. The van der Waals surface area contributed by atoms with E-state index in [1.165, 1.54) is 88.2 Å². The van der Waals surface area contributed by atoms with Crippen molar-refractivity contribution in [3.05, 3.63) is 187 Å². The van der Waals surface area contributed by atoms with Gasteiger partial charge in [0.25, 0.3) is 0 Å². The minimum atomic E-state index is -0.00692. The fourth-order valence-corrected chi connectivity index (χ4v) is 8.68. The van der Waals surface area contributed by atoms with Crippen molar-refractivity contribution < 1.29 is 4.74 Å². The molecule has 2 aliphatic heterocycles. The molecule has 0 fully saturated rings. The average Bonchev–Trinajstić information content (AvgIpc) is 3.72. The van der Waals surface area contributed by atoms with Gasteiger partial charge in [0.2, 0.25) is 0 Å². The van der Waals surface area contributed by atoms with Crippen LogP contribution in [0.4, 0.5) is 11.4 Å². The summed E-state index contributed by atoms with van der Waals surface area (Å²) < 4.78 is 6.52. The van der Waals surface area contributed by atoms with E-state index in [0.717, 1.165) is 5.75 Å². The maximum Gasteiger partial charge on any atom is 0.151 e. The molecule has 11 rings (SSSR count). The van der Waals surface area contributed by atoms with E-state index in [1.54, 1.807) is 0 Å². The first-order chi connectivity index (χ1) is 24.8. The van der Waals surface area contributed by atoms with E-state index in [-0.39, 0.29) is 12.1 Å². The van der Waals surface area contributed by atoms with E-state index in [2.05, 4.69) is 181 Å². The zero-order chi connectivity index (χ0) is 32.8. The second-order valence-corrected chi connectivity index (χ2v) is 13.6. The highest BCUT2D eigenvalue weighted by atomic mass is 16.5. The number of anilines is 2. The molecule has 0 spiro atoms. The van der Waals surface area contributed by atoms with Crippen LogP contribution in [-0.4, -0.2) is 0 Å². The molecule has 0 bridgehead atoms. The molecule has 50 heavy (non-hydrogen) atoms. The predicted octanol–water partition coefficient (Wildman–Crippen LogP) is 12.9. The first-order valence-electron chi connectivity index (χ1n) is 17.4. The summed E-state index contributed by atoms with van der Waals surface area (Å²) in [4.78, 5) is 2.47. The van der Waals surface area contributed by atoms with Gasteiger partial charge in [0.05, 0.1) is 0 Å². The van der Waals surface area contributed by atoms with Crippen LogP contribution in [-0.2, 0) is 0 Å². The lowest BCUT2D eigenvalue weighted by atomic mass is 9.87. The predicted molar refractivity (Wildman–Crippen MR) is 208 cm³/mol. The van der Waals surface area contributed by atoms with Crippen LogP contribution < -0.4 is 9.64 Å². The van der Waals surface area contributed by atoms with Crippen LogP contribution in [0.25, 0.3) is 65.7 Å². The van der Waals surface area contributed by atoms with Crippen LogP contribution in [0.5, 0.6) is 5.75 Å². The van der Waals surface area contributed by atoms with E-state index >= 15 is 0 Å². The van der Waals surface area contributed by atoms with Crippen LogP contribution in [0, 0.1) is 0 Å². The van der Waals surface area contributed by atoms with Gasteiger partial charge in [0.1, 0.15) is 11.8 Å². The molecule has 2 aliphatic rings. The summed E-state index contributed by atoms with van der Waals surface area (Å²) in [5, 5.41) is 7.80. The Morgan fingerprint density at radius 2 is 0.920 bits per heavy atom. The van der Waals surface area contributed by atoms with Gasteiger partial charge in [-0.1, -0.05) is 152 Å². The Hall–Kier alpha value is -6.38. The molecule has 9 aromatic carbocycles. The van der Waals surface area contributed by atoms with Gasteiger partial charge < -0.3 is 9.64 Å². The standard InChI is InChI=1S/C48H31NO/c1-2-8-30(9-3-1)31-14-16-32(17-15-31)37-26-20-34-23-29-40-38(27-21-35-22-28-39(37)45(34)46(35)40)33-18-24-36(25-19-33)49-43-12-6-4-10-41(43)48-47(49)42-11-5-7-13-44(42)50-48/h1-29,47-48H. The summed E-state index contributed by atoms with van der Waals surface area (Å²) in [5.41, 5.74) is 12.3. The summed E-state index contributed by atoms with van der Waals surface area (Å²) in [6, 6.07) is 64.4. The van der Waals surface area contributed by atoms with Crippen LogP contribution in [0.3, 0.4) is 0 Å². The first kappa shape index (κ1) is 27.6. The Morgan fingerprint density at radius 1 is 0.400 bits per heavy atom. The Balaban J connectivity index is 1.01. The number of para-hydroxylation sites is 2. The Labute approximate surface area is 290 Å². The van der Waals surface area contributed by atoms with Crippen LogP contribution in [0.1, 0.15) is 23.3 Å². The van der Waals surface area contributed by atoms with Crippen molar-refractivity contribution in [2.75, 3.05) is 4.90 Å². The number of rotatable bonds is 4. The van der Waals surface area contributed by atoms with Crippen LogP contribution in [0.15, 0.2) is 176 Å². The van der Waals surface area contributed by atoms with E-state index < -0.39 is 0 Å². The molecule has 0 amide bonds. The molecule has 2 heterocycles. The molecule has 0 saturated carbocycles. The minimum Gasteiger partial charge on any atom is -0.483 e. The molecule has 0 N–H and O–H groups in total. The average molecular weight is 638 g/mol. The lowest BCUT2D eigenvalue weighted by Gasteiger charge is -2.27. The van der Waals surface area contributed by atoms with Gasteiger partial charge in [0.15, 0.2) is 6.10 Å². The SMILES string of the molecule is c1ccc(-c2ccc(-c3ccc4ccc5c(-c6ccc(N7c8ccccc8C8Oc9ccccc9C87)cc6)ccc6ccc3c4c65)cc2)cc1. The molecular formula is C48H31NO. The van der Waals surface area contributed by atoms with Crippen molar-refractivity contribution in [1.82, 2.24) is 0 Å². The molecule has 9 aromatic rings. The van der Waals surface area contributed by atoms with Crippen molar-refractivity contribution in [2.24, 2.45) is 0 Å². The quantitative estimate of drug-likeness (QED) is 0.178. The van der Waals surface area contributed by atoms with Crippen molar-refractivity contribution in [2.45, 2.75) is 12.1 Å². The third kappa shape index (κ3) is 3.96. The fraction of sp³-hybridized carbons (Fsp3) is 0.0417. The monoisotopic (exact) mass is 637 g/mol. The number of hydrogen-bond donors (Lipinski definition) is 0. The number of hydrogen-bond acceptors (Lipinski definition) is 2. The zero-order valence-electron chi connectivity index (χ0n) is 27.3. The molecular weight excluding hydrogens is 607 g/mol. The van der Waals surface area contributed by atoms with Gasteiger partial charge in [-0.2, -0.15) is 0 Å². The Morgan fingerprint density at radius 3 is 1.60 bits per heavy atom. The molecule has 0 saturated heterocycles. The molecule has 2 nitrogen and oxygen atoms in total. The van der Waals surface area contributed by atoms with E-state index in [1.807, 2.05) is 0 Å². The van der Waals surface area contributed by atoms with Gasteiger partial charge >= 0.3 is 0 Å². The molecule has 2 unspecified atom stereocenters. The largest absolute Gasteiger partial charge is 0.483 e. The smallest absolute Gasteiger partial charge is 0.151 e. The van der Waals surface area contributed by atoms with E-state index in [4.69, 9.17) is 4.74 Å². The number of fused-ring (bicyclic) bond motifs is 5. The van der Waals surface area contributed by atoms with Gasteiger partial charge in [0, 0.05) is 22.5 Å². The lowest BCUT2D eigenvalue weighted by molar-refractivity contribution is 0.223. The topological polar surface area (TPSA) is 12.5 Å². The minimum absolute atomic E-state index is 0.00692. The molecule has 2 heteroatoms. The summed E-state index contributed by atoms with van der Waals surface area (Å²) >= 11 is 0. The van der Waals surface area contributed by atoms with Crippen molar-refractivity contribution in [3.8, 4) is 39.1 Å². The van der Waals surface area contributed by atoms with Crippen molar-refractivity contribution in [1.29, 1.82) is 0 Å². The highest BCUT2D eigenvalue weighted by Gasteiger charge is 2.47. The highest BCUT2D eigenvalue weighted by molar-refractivity contribution is 6.27. The van der Waals surface area contributed by atoms with E-state index in [9.17, 15) is 0 Å². The van der Waals surface area contributed by atoms with Crippen molar-refractivity contribution >= 4 is 43.7 Å². The summed E-state index contributed by atoms with van der Waals surface area (Å²) in [6.07, 6.45) is -0.00692. The van der Waals surface area contributed by atoms with E-state index in [0.29, 0.717) is 0 Å². The fourth-order valence-electron chi connectivity index (χ4n) is 8.68. The number of benzene rings is 9. The van der Waals surface area contributed by atoms with Gasteiger partial charge in [-0.05, 0) is 90.0 Å². The maximum absolute atomic E-state index is 6.52. The maximum atomic E-state index is 6.52. The second-order valence-electron chi connectivity index (χ2n) is 13.6. The normalized spacial score (nSPS) is 16.1. The van der Waals surface area contributed by atoms with Crippen LogP contribution >= 0.6 is 0 Å². The Bertz CT molecular complexity index is 2730. The molecule has 0 aliphatic carbocycles. The van der Waals surface area contributed by atoms with Gasteiger partial charge in [-0.25, -0.2) is 0 Å². The van der Waals surface area contributed by atoms with Crippen molar-refractivity contribution in [3.63, 3.8) is 0 Å². The highest BCUT2D eigenvalue weighted by Crippen LogP contribution is 2.58. The number of ether oxygens (including phenoxy) is 1. The third-order valence-corrected chi connectivity index (χ3v) is 11.0. The summed E-state index contributed by atoms with van der Waals surface area (Å²) in [5.74, 6) is 0.986. The number of nitrogens with zero attached hydrogens (tertiary/aromatic N) is 1. The third-order valence-electron chi connectivity index (χ3n) is 11.0. The summed E-state index contributed by atoms with van der Waals surface area (Å²) in [6.45, 7) is 0. The Kier molecular flexibility index (Phi) is 5.82. The molecule has 2 atom stereocenters. The second kappa shape index (κ2) is 10.6. The first-order valence-corrected chi connectivity index (χ1v) is 17.4. The zero-order valence-corrected chi connectivity index (χ0v) is 27.3. The van der Waals surface area contributed by atoms with Crippen LogP contribution in [0.2, 0.25) is 0 Å². The molecule has 0 aromatic heterocycles. The molecule has 0 radical (unpaired) electrons. The summed E-state index contributed by atoms with van der Waals surface area (Å²) in [7, 11) is 0. The molecule has 234 valence electrons. The van der Waals surface area contributed by atoms with Gasteiger partial charge in [-0.15, -0.1) is 0 Å².